The van der Waals surface area contributed by atoms with Crippen LogP contribution in [0.25, 0.3) is 72.4 Å². The molecule has 0 radical (unpaired) electrons. The lowest BCUT2D eigenvalue weighted by Gasteiger charge is -2.30. The zero-order chi connectivity index (χ0) is 39.3. The van der Waals surface area contributed by atoms with Crippen LogP contribution in [0.1, 0.15) is 25.0 Å². The first kappa shape index (κ1) is 33.9. The Morgan fingerprint density at radius 1 is 0.458 bits per heavy atom. The summed E-state index contributed by atoms with van der Waals surface area (Å²) in [6.45, 7) is 4.72. The summed E-state index contributed by atoms with van der Waals surface area (Å²) in [4.78, 5) is 11.4. The molecule has 12 rings (SSSR count). The molecule has 10 aromatic rings. The Bertz CT molecular complexity index is 3250. The van der Waals surface area contributed by atoms with Gasteiger partial charge in [-0.25, -0.2) is 9.97 Å². The normalized spacial score (nSPS) is 14.2. The summed E-state index contributed by atoms with van der Waals surface area (Å²) in [5, 5.41) is 7.65. The number of hydrogen-bond donors (Lipinski definition) is 0. The van der Waals surface area contributed by atoms with Crippen LogP contribution in [0.15, 0.2) is 200 Å². The third kappa shape index (κ3) is 4.75. The number of aromatic nitrogens is 3. The zero-order valence-electron chi connectivity index (χ0n) is 32.9. The van der Waals surface area contributed by atoms with E-state index >= 15 is 0 Å². The van der Waals surface area contributed by atoms with E-state index in [2.05, 4.69) is 219 Å². The van der Waals surface area contributed by atoms with Gasteiger partial charge in [0.05, 0.1) is 22.0 Å². The van der Waals surface area contributed by atoms with Gasteiger partial charge in [-0.15, -0.1) is 0 Å². The Balaban J connectivity index is 1.13. The molecule has 0 fully saturated rings. The molecule has 0 N–H and O–H groups in total. The van der Waals surface area contributed by atoms with Crippen molar-refractivity contribution < 1.29 is 0 Å². The topological polar surface area (TPSA) is 30.7 Å². The quantitative estimate of drug-likeness (QED) is 0.163. The van der Waals surface area contributed by atoms with E-state index in [1.54, 1.807) is 0 Å². The molecule has 0 spiro atoms. The Morgan fingerprint density at radius 3 is 1.85 bits per heavy atom. The predicted molar refractivity (Wildman–Crippen MR) is 247 cm³/mol. The molecule has 1 aliphatic heterocycles. The Morgan fingerprint density at radius 2 is 1.08 bits per heavy atom. The van der Waals surface area contributed by atoms with Gasteiger partial charge in [-0.2, -0.15) is 0 Å². The molecule has 0 saturated carbocycles. The third-order valence-electron chi connectivity index (χ3n) is 13.1. The molecule has 59 heavy (non-hydrogen) atoms. The van der Waals surface area contributed by atoms with Crippen LogP contribution in [0.5, 0.6) is 0 Å². The lowest BCUT2D eigenvalue weighted by molar-refractivity contribution is 0.661. The van der Waals surface area contributed by atoms with Crippen molar-refractivity contribution in [1.82, 2.24) is 14.5 Å². The van der Waals surface area contributed by atoms with Gasteiger partial charge in [-0.1, -0.05) is 184 Å². The van der Waals surface area contributed by atoms with E-state index in [0.717, 1.165) is 39.2 Å². The van der Waals surface area contributed by atoms with E-state index in [-0.39, 0.29) is 5.41 Å². The summed E-state index contributed by atoms with van der Waals surface area (Å²) < 4.78 is 2.44. The second-order valence-electron chi connectivity index (χ2n) is 16.5. The van der Waals surface area contributed by atoms with E-state index in [9.17, 15) is 0 Å². The van der Waals surface area contributed by atoms with Crippen LogP contribution >= 0.6 is 0 Å². The van der Waals surface area contributed by atoms with Crippen molar-refractivity contribution >= 4 is 50.8 Å². The minimum Gasteiger partial charge on any atom is -0.309 e. The van der Waals surface area contributed by atoms with Gasteiger partial charge in [0.2, 0.25) is 8.07 Å². The molecule has 0 saturated heterocycles. The molecule has 8 aromatic carbocycles. The number of para-hydroxylation sites is 1. The molecule has 278 valence electrons. The van der Waals surface area contributed by atoms with Crippen molar-refractivity contribution in [2.75, 3.05) is 0 Å². The van der Waals surface area contributed by atoms with Crippen LogP contribution < -0.4 is 20.9 Å². The fourth-order valence-electron chi connectivity index (χ4n) is 10.4. The second kappa shape index (κ2) is 12.7. The number of rotatable bonds is 5. The summed E-state index contributed by atoms with van der Waals surface area (Å²) >= 11 is 0. The zero-order valence-corrected chi connectivity index (χ0v) is 33.9. The molecule has 0 bridgehead atoms. The van der Waals surface area contributed by atoms with Gasteiger partial charge in [-0.05, 0) is 73.7 Å². The average molecular weight is 770 g/mol. The highest BCUT2D eigenvalue weighted by Gasteiger charge is 2.51. The highest BCUT2D eigenvalue weighted by molar-refractivity contribution is 7.21. The maximum Gasteiger partial charge on any atom is 0.203 e. The van der Waals surface area contributed by atoms with Crippen molar-refractivity contribution in [2.45, 2.75) is 19.3 Å². The van der Waals surface area contributed by atoms with E-state index in [0.29, 0.717) is 0 Å². The first-order valence-electron chi connectivity index (χ1n) is 20.5. The molecule has 2 aromatic heterocycles. The van der Waals surface area contributed by atoms with Crippen LogP contribution in [0.2, 0.25) is 0 Å². The summed E-state index contributed by atoms with van der Waals surface area (Å²) in [7, 11) is -2.90. The standard InChI is InChI=1S/C55H39N3Si/c1-55(2)46-30-15-12-27-41(46)44-35-49-45(34-47(44)55)42-28-13-16-31-48(42)58(49)38-22-18-21-37(33-38)53-56-52(36-19-6-3-7-20-36)51-43-29-14-17-32-50(43)59(54(51)57-53,39-23-8-4-9-24-39)40-25-10-5-11-26-40/h3-35H,1-2H3. The van der Waals surface area contributed by atoms with Gasteiger partial charge in [0.1, 0.15) is 0 Å². The monoisotopic (exact) mass is 769 g/mol. The maximum absolute atomic E-state index is 5.81. The molecule has 3 nitrogen and oxygen atoms in total. The third-order valence-corrected chi connectivity index (χ3v) is 17.8. The molecule has 0 atom stereocenters. The van der Waals surface area contributed by atoms with Gasteiger partial charge in [0, 0.05) is 38.6 Å². The lowest BCUT2D eigenvalue weighted by Crippen LogP contribution is -2.73. The Hall–Kier alpha value is -7.14. The largest absolute Gasteiger partial charge is 0.309 e. The molecule has 2 aliphatic rings. The second-order valence-corrected chi connectivity index (χ2v) is 20.2. The molecular weight excluding hydrogens is 731 g/mol. The van der Waals surface area contributed by atoms with Crippen LogP contribution in [-0.2, 0) is 5.41 Å². The lowest BCUT2D eigenvalue weighted by atomic mass is 9.82. The molecule has 3 heterocycles. The van der Waals surface area contributed by atoms with Crippen molar-refractivity contribution in [3.8, 4) is 50.6 Å². The minimum absolute atomic E-state index is 0.0811. The fourth-order valence-corrected chi connectivity index (χ4v) is 15.4. The summed E-state index contributed by atoms with van der Waals surface area (Å²) in [6.07, 6.45) is 0. The van der Waals surface area contributed by atoms with Gasteiger partial charge in [-0.3, -0.25) is 0 Å². The van der Waals surface area contributed by atoms with Crippen molar-refractivity contribution in [3.63, 3.8) is 0 Å². The van der Waals surface area contributed by atoms with Gasteiger partial charge < -0.3 is 4.57 Å². The van der Waals surface area contributed by atoms with Gasteiger partial charge in [0.15, 0.2) is 5.82 Å². The van der Waals surface area contributed by atoms with Crippen molar-refractivity contribution in [1.29, 1.82) is 0 Å². The Kier molecular flexibility index (Phi) is 7.29. The van der Waals surface area contributed by atoms with E-state index in [4.69, 9.17) is 9.97 Å². The minimum atomic E-state index is -2.90. The van der Waals surface area contributed by atoms with Crippen molar-refractivity contribution in [3.05, 3.63) is 211 Å². The van der Waals surface area contributed by atoms with Crippen LogP contribution in [0.4, 0.5) is 0 Å². The maximum atomic E-state index is 5.81. The van der Waals surface area contributed by atoms with Crippen LogP contribution in [0.3, 0.4) is 0 Å². The molecule has 0 amide bonds. The summed E-state index contributed by atoms with van der Waals surface area (Å²) in [5.41, 5.74) is 14.2. The van der Waals surface area contributed by atoms with E-state index in [1.807, 2.05) is 0 Å². The first-order chi connectivity index (χ1) is 29.0. The van der Waals surface area contributed by atoms with Gasteiger partial charge in [0.25, 0.3) is 0 Å². The number of nitrogens with zero attached hydrogens (tertiary/aromatic N) is 3. The average Bonchev–Trinajstić information content (AvgIpc) is 3.87. The first-order valence-corrected chi connectivity index (χ1v) is 22.5. The SMILES string of the molecule is CC1(C)c2ccccc2-c2cc3c(cc21)c1ccccc1n3-c1cccc(-c2nc(-c3ccccc3)c3c(n2)[Si](c2ccccc2)(c2ccccc2)c2ccccc2-3)c1. The van der Waals surface area contributed by atoms with E-state index < -0.39 is 8.07 Å². The Labute approximate surface area is 345 Å². The van der Waals surface area contributed by atoms with Crippen LogP contribution in [-0.4, -0.2) is 22.6 Å². The van der Waals surface area contributed by atoms with Gasteiger partial charge >= 0.3 is 0 Å². The highest BCUT2D eigenvalue weighted by Crippen LogP contribution is 2.51. The molecular formula is C55H39N3Si. The fraction of sp³-hybridized carbons (Fsp3) is 0.0545. The number of benzene rings is 8. The summed E-state index contributed by atoms with van der Waals surface area (Å²) in [6, 6.07) is 73.4. The smallest absolute Gasteiger partial charge is 0.203 e. The van der Waals surface area contributed by atoms with Crippen molar-refractivity contribution in [2.24, 2.45) is 0 Å². The highest BCUT2D eigenvalue weighted by atomic mass is 28.3. The van der Waals surface area contributed by atoms with E-state index in [1.165, 1.54) is 65.2 Å². The number of fused-ring (bicyclic) bond motifs is 9. The molecule has 4 heteroatoms. The molecule has 0 unspecified atom stereocenters. The summed E-state index contributed by atoms with van der Waals surface area (Å²) in [5.74, 6) is 0.735. The van der Waals surface area contributed by atoms with Crippen LogP contribution in [0, 0.1) is 0 Å². The molecule has 1 aliphatic carbocycles. The predicted octanol–water partition coefficient (Wildman–Crippen LogP) is 10.6. The number of hydrogen-bond acceptors (Lipinski definition) is 2.